The standard InChI is InChI=1S/C12H26N2O2/c1-11(10-15)4-3-5-13-8-12-9-14(2)6-7-16-12/h11-13,15H,3-10H2,1-2H3. The van der Waals surface area contributed by atoms with Gasteiger partial charge < -0.3 is 20.1 Å². The van der Waals surface area contributed by atoms with Crippen molar-refractivity contribution in [3.63, 3.8) is 0 Å². The number of rotatable bonds is 7. The van der Waals surface area contributed by atoms with Crippen LogP contribution < -0.4 is 5.32 Å². The molecule has 0 aromatic heterocycles. The maximum absolute atomic E-state index is 8.88. The fourth-order valence-corrected chi connectivity index (χ4v) is 1.92. The molecule has 2 N–H and O–H groups in total. The van der Waals surface area contributed by atoms with Crippen molar-refractivity contribution in [1.29, 1.82) is 0 Å². The molecule has 1 rings (SSSR count). The number of hydrogen-bond donors (Lipinski definition) is 2. The lowest BCUT2D eigenvalue weighted by molar-refractivity contribution is -0.0180. The largest absolute Gasteiger partial charge is 0.396 e. The number of aliphatic hydroxyl groups excluding tert-OH is 1. The lowest BCUT2D eigenvalue weighted by Gasteiger charge is -2.30. The summed E-state index contributed by atoms with van der Waals surface area (Å²) < 4.78 is 5.65. The Balaban J connectivity index is 1.94. The van der Waals surface area contributed by atoms with E-state index < -0.39 is 0 Å². The zero-order valence-corrected chi connectivity index (χ0v) is 10.6. The summed E-state index contributed by atoms with van der Waals surface area (Å²) in [5, 5.41) is 12.3. The maximum Gasteiger partial charge on any atom is 0.0826 e. The summed E-state index contributed by atoms with van der Waals surface area (Å²) >= 11 is 0. The molecule has 0 aromatic rings. The van der Waals surface area contributed by atoms with Crippen LogP contribution in [0.25, 0.3) is 0 Å². The SMILES string of the molecule is CC(CO)CCCNCC1CN(C)CCO1. The van der Waals surface area contributed by atoms with Crippen LogP contribution in [0.1, 0.15) is 19.8 Å². The van der Waals surface area contributed by atoms with Crippen molar-refractivity contribution >= 4 is 0 Å². The van der Waals surface area contributed by atoms with Crippen LogP contribution in [0.2, 0.25) is 0 Å². The van der Waals surface area contributed by atoms with E-state index in [1.165, 1.54) is 0 Å². The number of hydrogen-bond acceptors (Lipinski definition) is 4. The van der Waals surface area contributed by atoms with E-state index in [0.29, 0.717) is 18.6 Å². The molecule has 0 aliphatic carbocycles. The van der Waals surface area contributed by atoms with Gasteiger partial charge in [0.1, 0.15) is 0 Å². The Bertz CT molecular complexity index is 178. The van der Waals surface area contributed by atoms with Crippen molar-refractivity contribution in [3.05, 3.63) is 0 Å². The average Bonchev–Trinajstić information content (AvgIpc) is 2.28. The summed E-state index contributed by atoms with van der Waals surface area (Å²) in [5.41, 5.74) is 0. The van der Waals surface area contributed by atoms with Crippen LogP contribution in [0.4, 0.5) is 0 Å². The van der Waals surface area contributed by atoms with Gasteiger partial charge in [0.25, 0.3) is 0 Å². The molecule has 1 heterocycles. The van der Waals surface area contributed by atoms with E-state index in [0.717, 1.165) is 45.6 Å². The zero-order chi connectivity index (χ0) is 11.8. The van der Waals surface area contributed by atoms with Crippen LogP contribution in [0.3, 0.4) is 0 Å². The second kappa shape index (κ2) is 8.01. The topological polar surface area (TPSA) is 44.7 Å². The van der Waals surface area contributed by atoms with Gasteiger partial charge in [-0.3, -0.25) is 0 Å². The van der Waals surface area contributed by atoms with Crippen molar-refractivity contribution in [3.8, 4) is 0 Å². The Morgan fingerprint density at radius 2 is 2.38 bits per heavy atom. The van der Waals surface area contributed by atoms with Gasteiger partial charge in [-0.1, -0.05) is 6.92 Å². The van der Waals surface area contributed by atoms with E-state index in [1.807, 2.05) is 0 Å². The molecule has 1 aliphatic heterocycles. The van der Waals surface area contributed by atoms with Gasteiger partial charge in [-0.2, -0.15) is 0 Å². The van der Waals surface area contributed by atoms with Crippen LogP contribution in [-0.2, 0) is 4.74 Å². The first-order chi connectivity index (χ1) is 7.72. The monoisotopic (exact) mass is 230 g/mol. The summed E-state index contributed by atoms with van der Waals surface area (Å²) in [7, 11) is 2.14. The van der Waals surface area contributed by atoms with E-state index in [4.69, 9.17) is 9.84 Å². The Hall–Kier alpha value is -0.160. The number of ether oxygens (including phenoxy) is 1. The summed E-state index contributed by atoms with van der Waals surface area (Å²) in [6.45, 7) is 7.27. The molecule has 0 radical (unpaired) electrons. The fraction of sp³-hybridized carbons (Fsp3) is 1.00. The minimum atomic E-state index is 0.302. The van der Waals surface area contributed by atoms with Gasteiger partial charge in [0.05, 0.1) is 12.7 Å². The van der Waals surface area contributed by atoms with Gasteiger partial charge in [0.2, 0.25) is 0 Å². The minimum Gasteiger partial charge on any atom is -0.396 e. The van der Waals surface area contributed by atoms with Gasteiger partial charge in [-0.15, -0.1) is 0 Å². The minimum absolute atomic E-state index is 0.302. The van der Waals surface area contributed by atoms with Gasteiger partial charge >= 0.3 is 0 Å². The van der Waals surface area contributed by atoms with E-state index >= 15 is 0 Å². The highest BCUT2D eigenvalue weighted by Crippen LogP contribution is 2.04. The first-order valence-electron chi connectivity index (χ1n) is 6.34. The molecule has 0 amide bonds. The molecule has 0 saturated carbocycles. The molecule has 16 heavy (non-hydrogen) atoms. The van der Waals surface area contributed by atoms with E-state index in [1.54, 1.807) is 0 Å². The third-order valence-electron chi connectivity index (χ3n) is 3.08. The molecule has 0 spiro atoms. The maximum atomic E-state index is 8.88. The van der Waals surface area contributed by atoms with Crippen LogP contribution in [-0.4, -0.2) is 62.6 Å². The second-order valence-corrected chi connectivity index (χ2v) is 4.89. The number of nitrogens with zero attached hydrogens (tertiary/aromatic N) is 1. The molecule has 96 valence electrons. The molecular formula is C12H26N2O2. The summed E-state index contributed by atoms with van der Waals surface area (Å²) in [6, 6.07) is 0. The number of morpholine rings is 1. The summed E-state index contributed by atoms with van der Waals surface area (Å²) in [6.07, 6.45) is 2.56. The molecule has 4 nitrogen and oxygen atoms in total. The lowest BCUT2D eigenvalue weighted by Crippen LogP contribution is -2.44. The van der Waals surface area contributed by atoms with Crippen LogP contribution in [0.15, 0.2) is 0 Å². The first-order valence-corrected chi connectivity index (χ1v) is 6.34. The van der Waals surface area contributed by atoms with Crippen LogP contribution in [0.5, 0.6) is 0 Å². The summed E-state index contributed by atoms with van der Waals surface area (Å²) in [4.78, 5) is 2.31. The van der Waals surface area contributed by atoms with Crippen molar-refractivity contribution in [1.82, 2.24) is 10.2 Å². The second-order valence-electron chi connectivity index (χ2n) is 4.89. The van der Waals surface area contributed by atoms with Crippen molar-refractivity contribution in [2.24, 2.45) is 5.92 Å². The first kappa shape index (κ1) is 13.9. The quantitative estimate of drug-likeness (QED) is 0.618. The third kappa shape index (κ3) is 5.80. The highest BCUT2D eigenvalue weighted by molar-refractivity contribution is 4.70. The predicted molar refractivity (Wildman–Crippen MR) is 65.6 cm³/mol. The number of nitrogens with one attached hydrogen (secondary N) is 1. The Morgan fingerprint density at radius 3 is 3.06 bits per heavy atom. The molecule has 4 heteroatoms. The van der Waals surface area contributed by atoms with E-state index in [9.17, 15) is 0 Å². The highest BCUT2D eigenvalue weighted by atomic mass is 16.5. The molecule has 1 fully saturated rings. The molecule has 1 aliphatic rings. The highest BCUT2D eigenvalue weighted by Gasteiger charge is 2.16. The van der Waals surface area contributed by atoms with E-state index in [2.05, 4.69) is 24.2 Å². The molecule has 1 saturated heterocycles. The molecule has 2 atom stereocenters. The molecule has 0 aromatic carbocycles. The van der Waals surface area contributed by atoms with E-state index in [-0.39, 0.29) is 0 Å². The number of likely N-dealkylation sites (N-methyl/N-ethyl adjacent to an activating group) is 1. The van der Waals surface area contributed by atoms with Gasteiger partial charge in [-0.25, -0.2) is 0 Å². The lowest BCUT2D eigenvalue weighted by atomic mass is 10.1. The average molecular weight is 230 g/mol. The number of aliphatic hydroxyl groups is 1. The molecule has 0 bridgehead atoms. The van der Waals surface area contributed by atoms with Gasteiger partial charge in [-0.05, 0) is 32.4 Å². The Labute approximate surface area is 99.0 Å². The van der Waals surface area contributed by atoms with Crippen LogP contribution in [0, 0.1) is 5.92 Å². The molecule has 2 unspecified atom stereocenters. The van der Waals surface area contributed by atoms with Gasteiger partial charge in [0.15, 0.2) is 0 Å². The van der Waals surface area contributed by atoms with Crippen LogP contribution >= 0.6 is 0 Å². The predicted octanol–water partition coefficient (Wildman–Crippen LogP) is 0.315. The summed E-state index contributed by atoms with van der Waals surface area (Å²) in [5.74, 6) is 0.430. The molecular weight excluding hydrogens is 204 g/mol. The third-order valence-corrected chi connectivity index (χ3v) is 3.08. The Kier molecular flexibility index (Phi) is 6.96. The smallest absolute Gasteiger partial charge is 0.0826 e. The van der Waals surface area contributed by atoms with Gasteiger partial charge in [0, 0.05) is 26.2 Å². The van der Waals surface area contributed by atoms with Crippen molar-refractivity contribution < 1.29 is 9.84 Å². The Morgan fingerprint density at radius 1 is 1.56 bits per heavy atom. The zero-order valence-electron chi connectivity index (χ0n) is 10.6. The van der Waals surface area contributed by atoms with Crippen molar-refractivity contribution in [2.75, 3.05) is 46.4 Å². The van der Waals surface area contributed by atoms with Crippen molar-refractivity contribution in [2.45, 2.75) is 25.9 Å². The normalized spacial score (nSPS) is 24.6. The fourth-order valence-electron chi connectivity index (χ4n) is 1.92.